The SMILES string of the molecule is Cc1nn(C)cc1C(O)Cc1cccc2ccccc12. The van der Waals surface area contributed by atoms with E-state index < -0.39 is 6.10 Å². The monoisotopic (exact) mass is 266 g/mol. The number of hydrogen-bond acceptors (Lipinski definition) is 2. The molecule has 3 heteroatoms. The van der Waals surface area contributed by atoms with E-state index in [-0.39, 0.29) is 0 Å². The lowest BCUT2D eigenvalue weighted by molar-refractivity contribution is 0.178. The summed E-state index contributed by atoms with van der Waals surface area (Å²) in [6, 6.07) is 14.5. The van der Waals surface area contributed by atoms with Crippen LogP contribution >= 0.6 is 0 Å². The highest BCUT2D eigenvalue weighted by Crippen LogP contribution is 2.25. The van der Waals surface area contributed by atoms with Crippen molar-refractivity contribution >= 4 is 10.8 Å². The quantitative estimate of drug-likeness (QED) is 0.790. The van der Waals surface area contributed by atoms with Crippen LogP contribution in [-0.4, -0.2) is 14.9 Å². The predicted molar refractivity (Wildman–Crippen MR) is 80.6 cm³/mol. The lowest BCUT2D eigenvalue weighted by Crippen LogP contribution is -2.03. The maximum Gasteiger partial charge on any atom is 0.0863 e. The van der Waals surface area contributed by atoms with Gasteiger partial charge in [-0.05, 0) is 23.3 Å². The van der Waals surface area contributed by atoms with Crippen LogP contribution in [0.15, 0.2) is 48.7 Å². The Labute approximate surface area is 118 Å². The minimum Gasteiger partial charge on any atom is -0.388 e. The Morgan fingerprint density at radius 2 is 1.90 bits per heavy atom. The molecular formula is C17H18N2O. The van der Waals surface area contributed by atoms with E-state index in [0.29, 0.717) is 6.42 Å². The van der Waals surface area contributed by atoms with Crippen LogP contribution < -0.4 is 0 Å². The van der Waals surface area contributed by atoms with Crippen molar-refractivity contribution in [3.63, 3.8) is 0 Å². The molecule has 1 unspecified atom stereocenters. The third-order valence-corrected chi connectivity index (χ3v) is 3.70. The van der Waals surface area contributed by atoms with Gasteiger partial charge in [-0.3, -0.25) is 4.68 Å². The second-order valence-electron chi connectivity index (χ2n) is 5.20. The van der Waals surface area contributed by atoms with Crippen molar-refractivity contribution in [2.24, 2.45) is 7.05 Å². The first kappa shape index (κ1) is 12.9. The predicted octanol–water partition coefficient (Wildman–Crippen LogP) is 3.16. The molecule has 0 aliphatic rings. The molecule has 0 bridgehead atoms. The van der Waals surface area contributed by atoms with Gasteiger partial charge >= 0.3 is 0 Å². The Balaban J connectivity index is 1.95. The Bertz CT molecular complexity index is 740. The molecule has 1 aromatic heterocycles. The van der Waals surface area contributed by atoms with Crippen LogP contribution in [0.4, 0.5) is 0 Å². The second kappa shape index (κ2) is 5.10. The van der Waals surface area contributed by atoms with Gasteiger partial charge in [0.05, 0.1) is 11.8 Å². The summed E-state index contributed by atoms with van der Waals surface area (Å²) >= 11 is 0. The number of nitrogens with zero attached hydrogens (tertiary/aromatic N) is 2. The molecule has 2 aromatic carbocycles. The smallest absolute Gasteiger partial charge is 0.0863 e. The first-order valence-corrected chi connectivity index (χ1v) is 6.80. The van der Waals surface area contributed by atoms with E-state index in [1.54, 1.807) is 4.68 Å². The van der Waals surface area contributed by atoms with Gasteiger partial charge in [-0.2, -0.15) is 5.10 Å². The van der Waals surface area contributed by atoms with Crippen molar-refractivity contribution in [2.45, 2.75) is 19.4 Å². The first-order chi connectivity index (χ1) is 9.65. The van der Waals surface area contributed by atoms with E-state index >= 15 is 0 Å². The van der Waals surface area contributed by atoms with Crippen molar-refractivity contribution in [3.05, 3.63) is 65.5 Å². The number of benzene rings is 2. The summed E-state index contributed by atoms with van der Waals surface area (Å²) in [4.78, 5) is 0. The highest BCUT2D eigenvalue weighted by atomic mass is 16.3. The van der Waals surface area contributed by atoms with Crippen LogP contribution in [0.25, 0.3) is 10.8 Å². The lowest BCUT2D eigenvalue weighted by atomic mass is 9.97. The van der Waals surface area contributed by atoms with E-state index in [9.17, 15) is 5.11 Å². The van der Waals surface area contributed by atoms with Gasteiger partial charge in [-0.25, -0.2) is 0 Å². The lowest BCUT2D eigenvalue weighted by Gasteiger charge is -2.12. The molecule has 3 nitrogen and oxygen atoms in total. The van der Waals surface area contributed by atoms with Crippen molar-refractivity contribution in [1.82, 2.24) is 9.78 Å². The van der Waals surface area contributed by atoms with Gasteiger partial charge in [0.15, 0.2) is 0 Å². The summed E-state index contributed by atoms with van der Waals surface area (Å²) in [7, 11) is 1.88. The molecule has 0 saturated carbocycles. The molecule has 0 fully saturated rings. The van der Waals surface area contributed by atoms with Crippen LogP contribution in [0.1, 0.15) is 22.9 Å². The fourth-order valence-electron chi connectivity index (χ4n) is 2.73. The summed E-state index contributed by atoms with van der Waals surface area (Å²) in [5.74, 6) is 0. The fraction of sp³-hybridized carbons (Fsp3) is 0.235. The molecule has 0 radical (unpaired) electrons. The molecule has 20 heavy (non-hydrogen) atoms. The topological polar surface area (TPSA) is 38.0 Å². The Morgan fingerprint density at radius 1 is 1.15 bits per heavy atom. The molecule has 102 valence electrons. The molecule has 3 aromatic rings. The fourth-order valence-corrected chi connectivity index (χ4v) is 2.73. The standard InChI is InChI=1S/C17H18N2O/c1-12-16(11-19(2)18-12)17(20)10-14-8-5-7-13-6-3-4-9-15(13)14/h3-9,11,17,20H,10H2,1-2H3. The van der Waals surface area contributed by atoms with Gasteiger partial charge in [0.1, 0.15) is 0 Å². The average Bonchev–Trinajstić information content (AvgIpc) is 2.78. The van der Waals surface area contributed by atoms with Gasteiger partial charge in [0.25, 0.3) is 0 Å². The summed E-state index contributed by atoms with van der Waals surface area (Å²) in [5.41, 5.74) is 2.96. The maximum absolute atomic E-state index is 10.5. The number of rotatable bonds is 3. The molecule has 0 aliphatic heterocycles. The first-order valence-electron chi connectivity index (χ1n) is 6.80. The minimum absolute atomic E-state index is 0.519. The summed E-state index contributed by atoms with van der Waals surface area (Å²) in [5, 5.41) is 17.2. The zero-order valence-corrected chi connectivity index (χ0v) is 11.7. The molecular weight excluding hydrogens is 248 g/mol. The second-order valence-corrected chi connectivity index (χ2v) is 5.20. The van der Waals surface area contributed by atoms with Crippen LogP contribution in [0.2, 0.25) is 0 Å². The van der Waals surface area contributed by atoms with E-state index in [4.69, 9.17) is 0 Å². The van der Waals surface area contributed by atoms with Crippen molar-refractivity contribution in [3.8, 4) is 0 Å². The molecule has 0 aliphatic carbocycles. The van der Waals surface area contributed by atoms with Gasteiger partial charge in [-0.1, -0.05) is 42.5 Å². The van der Waals surface area contributed by atoms with E-state index in [1.807, 2.05) is 38.4 Å². The highest BCUT2D eigenvalue weighted by molar-refractivity contribution is 5.85. The molecule has 1 atom stereocenters. The molecule has 0 amide bonds. The van der Waals surface area contributed by atoms with E-state index in [0.717, 1.165) is 11.3 Å². The number of aryl methyl sites for hydroxylation is 2. The average molecular weight is 266 g/mol. The summed E-state index contributed by atoms with van der Waals surface area (Å²) in [6.45, 7) is 1.93. The molecule has 0 saturated heterocycles. The number of aromatic nitrogens is 2. The number of hydrogen-bond donors (Lipinski definition) is 1. The van der Waals surface area contributed by atoms with Gasteiger partial charge < -0.3 is 5.11 Å². The zero-order valence-electron chi connectivity index (χ0n) is 11.7. The Morgan fingerprint density at radius 3 is 2.65 bits per heavy atom. The minimum atomic E-state index is -0.519. The Kier molecular flexibility index (Phi) is 3.28. The van der Waals surface area contributed by atoms with Crippen molar-refractivity contribution < 1.29 is 5.11 Å². The van der Waals surface area contributed by atoms with Crippen LogP contribution in [0, 0.1) is 6.92 Å². The molecule has 1 heterocycles. The molecule has 3 rings (SSSR count). The number of fused-ring (bicyclic) bond motifs is 1. The largest absolute Gasteiger partial charge is 0.388 e. The van der Waals surface area contributed by atoms with Gasteiger partial charge in [-0.15, -0.1) is 0 Å². The molecule has 1 N–H and O–H groups in total. The summed E-state index contributed by atoms with van der Waals surface area (Å²) < 4.78 is 1.75. The maximum atomic E-state index is 10.5. The number of aliphatic hydroxyl groups excluding tert-OH is 1. The van der Waals surface area contributed by atoms with Crippen LogP contribution in [-0.2, 0) is 13.5 Å². The van der Waals surface area contributed by atoms with Crippen molar-refractivity contribution in [1.29, 1.82) is 0 Å². The van der Waals surface area contributed by atoms with Crippen molar-refractivity contribution in [2.75, 3.05) is 0 Å². The van der Waals surface area contributed by atoms with Crippen LogP contribution in [0.5, 0.6) is 0 Å². The van der Waals surface area contributed by atoms with Gasteiger partial charge in [0.2, 0.25) is 0 Å². The Hall–Kier alpha value is -2.13. The molecule has 0 spiro atoms. The zero-order chi connectivity index (χ0) is 14.1. The number of aliphatic hydroxyl groups is 1. The third kappa shape index (κ3) is 2.32. The van der Waals surface area contributed by atoms with E-state index in [1.165, 1.54) is 16.3 Å². The van der Waals surface area contributed by atoms with Crippen LogP contribution in [0.3, 0.4) is 0 Å². The van der Waals surface area contributed by atoms with E-state index in [2.05, 4.69) is 29.4 Å². The van der Waals surface area contributed by atoms with Gasteiger partial charge in [0, 0.05) is 25.2 Å². The summed E-state index contributed by atoms with van der Waals surface area (Å²) in [6.07, 6.45) is 1.98. The normalized spacial score (nSPS) is 12.8. The third-order valence-electron chi connectivity index (χ3n) is 3.70. The highest BCUT2D eigenvalue weighted by Gasteiger charge is 2.15.